The molecule has 1 amide bonds. The second-order valence-electron chi connectivity index (χ2n) is 4.61. The molecule has 0 aromatic heterocycles. The molecule has 0 unspecified atom stereocenters. The Bertz CT molecular complexity index is 430. The van der Waals surface area contributed by atoms with Gasteiger partial charge in [-0.05, 0) is 12.5 Å². The van der Waals surface area contributed by atoms with E-state index in [0.29, 0.717) is 17.5 Å². The first-order valence-corrected chi connectivity index (χ1v) is 6.83. The van der Waals surface area contributed by atoms with Crippen LogP contribution in [-0.2, 0) is 0 Å². The summed E-state index contributed by atoms with van der Waals surface area (Å²) < 4.78 is 0. The summed E-state index contributed by atoms with van der Waals surface area (Å²) in [6, 6.07) is 6.78. The first-order chi connectivity index (χ1) is 9.20. The summed E-state index contributed by atoms with van der Waals surface area (Å²) >= 11 is 0. The van der Waals surface area contributed by atoms with Crippen LogP contribution in [0.3, 0.4) is 0 Å². The minimum atomic E-state index is -0.421. The third-order valence-corrected chi connectivity index (χ3v) is 3.11. The van der Waals surface area contributed by atoms with Crippen molar-refractivity contribution in [2.45, 2.75) is 45.4 Å². The van der Waals surface area contributed by atoms with Crippen molar-refractivity contribution >= 4 is 11.7 Å². The van der Waals surface area contributed by atoms with Crippen LogP contribution in [0.25, 0.3) is 0 Å². The van der Waals surface area contributed by atoms with Gasteiger partial charge >= 0.3 is 0 Å². The van der Waals surface area contributed by atoms with Gasteiger partial charge in [0.05, 0.1) is 5.56 Å². The highest BCUT2D eigenvalue weighted by molar-refractivity contribution is 6.07. The molecular weight excluding hydrogens is 240 g/mol. The summed E-state index contributed by atoms with van der Waals surface area (Å²) in [5, 5.41) is 0. The largest absolute Gasteiger partial charge is 0.294 e. The molecule has 0 fully saturated rings. The van der Waals surface area contributed by atoms with Crippen molar-refractivity contribution in [2.24, 2.45) is 5.84 Å². The van der Waals surface area contributed by atoms with Crippen LogP contribution in [0.5, 0.6) is 0 Å². The van der Waals surface area contributed by atoms with Crippen molar-refractivity contribution < 1.29 is 9.59 Å². The number of hydrazine groups is 1. The molecule has 104 valence electrons. The van der Waals surface area contributed by atoms with Gasteiger partial charge in [0.2, 0.25) is 0 Å². The highest BCUT2D eigenvalue weighted by atomic mass is 16.2. The molecule has 19 heavy (non-hydrogen) atoms. The number of hydrogen-bond donors (Lipinski definition) is 2. The molecule has 0 aliphatic carbocycles. The van der Waals surface area contributed by atoms with Crippen molar-refractivity contribution in [2.75, 3.05) is 0 Å². The lowest BCUT2D eigenvalue weighted by molar-refractivity contribution is 0.0930. The molecule has 4 nitrogen and oxygen atoms in total. The molecule has 1 aromatic rings. The number of rotatable bonds is 8. The minimum absolute atomic E-state index is 0.00991. The number of nitrogen functional groups attached to an aromatic ring is 1. The predicted octanol–water partition coefficient (Wildman–Crippen LogP) is 2.83. The van der Waals surface area contributed by atoms with E-state index in [1.54, 1.807) is 24.3 Å². The molecule has 3 N–H and O–H groups in total. The average Bonchev–Trinajstić information content (AvgIpc) is 2.46. The van der Waals surface area contributed by atoms with Gasteiger partial charge in [-0.2, -0.15) is 0 Å². The fourth-order valence-corrected chi connectivity index (χ4v) is 2.03. The molecule has 0 aliphatic heterocycles. The van der Waals surface area contributed by atoms with Gasteiger partial charge in [0.1, 0.15) is 0 Å². The molecule has 0 bridgehead atoms. The van der Waals surface area contributed by atoms with Crippen LogP contribution >= 0.6 is 0 Å². The van der Waals surface area contributed by atoms with Crippen molar-refractivity contribution in [3.05, 3.63) is 35.4 Å². The van der Waals surface area contributed by atoms with E-state index in [0.717, 1.165) is 19.3 Å². The molecule has 4 heteroatoms. The molecular formula is C15H22N2O2. The zero-order chi connectivity index (χ0) is 14.1. The Morgan fingerprint density at radius 1 is 1.05 bits per heavy atom. The number of unbranched alkanes of at least 4 members (excludes halogenated alkanes) is 4. The van der Waals surface area contributed by atoms with Gasteiger partial charge in [-0.25, -0.2) is 5.84 Å². The molecule has 1 rings (SSSR count). The monoisotopic (exact) mass is 262 g/mol. The fourth-order valence-electron chi connectivity index (χ4n) is 2.03. The summed E-state index contributed by atoms with van der Waals surface area (Å²) in [6.07, 6.45) is 5.98. The molecule has 0 spiro atoms. The van der Waals surface area contributed by atoms with Crippen LogP contribution in [0.1, 0.15) is 66.2 Å². The van der Waals surface area contributed by atoms with Crippen LogP contribution in [-0.4, -0.2) is 11.7 Å². The van der Waals surface area contributed by atoms with Gasteiger partial charge in [0.25, 0.3) is 5.91 Å². The number of carbonyl (C=O) groups is 2. The smallest absolute Gasteiger partial charge is 0.265 e. The molecule has 0 saturated carbocycles. The maximum Gasteiger partial charge on any atom is 0.265 e. The number of Topliss-reactive ketones (excluding diaryl/α,β-unsaturated/α-hetero) is 1. The lowest BCUT2D eigenvalue weighted by Gasteiger charge is -2.07. The standard InChI is InChI=1S/C15H22N2O2/c1-2-3-4-5-6-11-14(18)12-9-7-8-10-13(12)15(19)17-16/h7-10H,2-6,11,16H2,1H3,(H,17,19). The van der Waals surface area contributed by atoms with E-state index in [2.05, 4.69) is 12.3 Å². The Morgan fingerprint density at radius 3 is 2.32 bits per heavy atom. The molecule has 0 radical (unpaired) electrons. The summed E-state index contributed by atoms with van der Waals surface area (Å²) in [5.74, 6) is 4.71. The molecule has 0 atom stereocenters. The van der Waals surface area contributed by atoms with E-state index in [4.69, 9.17) is 5.84 Å². The predicted molar refractivity (Wildman–Crippen MR) is 75.8 cm³/mol. The van der Waals surface area contributed by atoms with E-state index in [-0.39, 0.29) is 5.78 Å². The van der Waals surface area contributed by atoms with Crippen LogP contribution in [0.15, 0.2) is 24.3 Å². The van der Waals surface area contributed by atoms with Crippen LogP contribution in [0, 0.1) is 0 Å². The SMILES string of the molecule is CCCCCCCC(=O)c1ccccc1C(=O)NN. The number of amides is 1. The molecule has 0 heterocycles. The second kappa shape index (κ2) is 8.43. The zero-order valence-electron chi connectivity index (χ0n) is 11.4. The van der Waals surface area contributed by atoms with E-state index < -0.39 is 5.91 Å². The Hall–Kier alpha value is -1.68. The van der Waals surface area contributed by atoms with Gasteiger partial charge in [-0.1, -0.05) is 50.8 Å². The van der Waals surface area contributed by atoms with E-state index in [9.17, 15) is 9.59 Å². The molecule has 1 aromatic carbocycles. The third kappa shape index (κ3) is 4.83. The number of nitrogens with two attached hydrogens (primary N) is 1. The van der Waals surface area contributed by atoms with Crippen LogP contribution in [0.4, 0.5) is 0 Å². The van der Waals surface area contributed by atoms with Crippen molar-refractivity contribution in [1.29, 1.82) is 0 Å². The van der Waals surface area contributed by atoms with Crippen LogP contribution < -0.4 is 11.3 Å². The van der Waals surface area contributed by atoms with Gasteiger partial charge in [0, 0.05) is 12.0 Å². The Morgan fingerprint density at radius 2 is 1.68 bits per heavy atom. The topological polar surface area (TPSA) is 72.2 Å². The number of ketones is 1. The number of carbonyl (C=O) groups excluding carboxylic acids is 2. The number of benzene rings is 1. The van der Waals surface area contributed by atoms with Gasteiger partial charge in [-0.15, -0.1) is 0 Å². The van der Waals surface area contributed by atoms with Gasteiger partial charge < -0.3 is 0 Å². The van der Waals surface area contributed by atoms with Gasteiger partial charge in [-0.3, -0.25) is 15.0 Å². The van der Waals surface area contributed by atoms with Crippen LogP contribution in [0.2, 0.25) is 0 Å². The zero-order valence-corrected chi connectivity index (χ0v) is 11.4. The lowest BCUT2D eigenvalue weighted by atomic mass is 9.99. The molecule has 0 saturated heterocycles. The summed E-state index contributed by atoms with van der Waals surface area (Å²) in [7, 11) is 0. The maximum absolute atomic E-state index is 12.1. The molecule has 0 aliphatic rings. The maximum atomic E-state index is 12.1. The highest BCUT2D eigenvalue weighted by Gasteiger charge is 2.15. The van der Waals surface area contributed by atoms with E-state index in [1.165, 1.54) is 12.8 Å². The summed E-state index contributed by atoms with van der Waals surface area (Å²) in [6.45, 7) is 2.16. The number of hydrogen-bond acceptors (Lipinski definition) is 3. The van der Waals surface area contributed by atoms with Crippen molar-refractivity contribution in [3.63, 3.8) is 0 Å². The number of nitrogens with one attached hydrogen (secondary N) is 1. The Balaban J connectivity index is 2.59. The quantitative estimate of drug-likeness (QED) is 0.249. The van der Waals surface area contributed by atoms with Crippen molar-refractivity contribution in [1.82, 2.24) is 5.43 Å². The Kier molecular flexibility index (Phi) is 6.82. The lowest BCUT2D eigenvalue weighted by Crippen LogP contribution is -2.31. The average molecular weight is 262 g/mol. The summed E-state index contributed by atoms with van der Waals surface area (Å²) in [4.78, 5) is 23.7. The Labute approximate surface area is 114 Å². The third-order valence-electron chi connectivity index (χ3n) is 3.11. The normalized spacial score (nSPS) is 10.2. The first kappa shape index (κ1) is 15.4. The minimum Gasteiger partial charge on any atom is -0.294 e. The fraction of sp³-hybridized carbons (Fsp3) is 0.467. The van der Waals surface area contributed by atoms with E-state index >= 15 is 0 Å². The van der Waals surface area contributed by atoms with Crippen molar-refractivity contribution in [3.8, 4) is 0 Å². The van der Waals surface area contributed by atoms with E-state index in [1.807, 2.05) is 0 Å². The highest BCUT2D eigenvalue weighted by Crippen LogP contribution is 2.14. The summed E-state index contributed by atoms with van der Waals surface area (Å²) in [5.41, 5.74) is 2.88. The first-order valence-electron chi connectivity index (χ1n) is 6.83. The second-order valence-corrected chi connectivity index (χ2v) is 4.61. The van der Waals surface area contributed by atoms with Gasteiger partial charge in [0.15, 0.2) is 5.78 Å².